The Morgan fingerprint density at radius 2 is 1.94 bits per heavy atom. The van der Waals surface area contributed by atoms with E-state index in [0.717, 1.165) is 6.54 Å². The van der Waals surface area contributed by atoms with Crippen molar-refractivity contribution in [1.29, 1.82) is 0 Å². The zero-order valence-corrected chi connectivity index (χ0v) is 11.8. The van der Waals surface area contributed by atoms with Gasteiger partial charge < -0.3 is 5.32 Å². The van der Waals surface area contributed by atoms with E-state index < -0.39 is 10.2 Å². The Kier molecular flexibility index (Phi) is 6.81. The standard InChI is InChI=1S/C9H21N3O2S.ClH/c1-4-11(5-2)15(13,14)12-7-6-10-9(3)8-12;/h9-10H,4-8H2,1-3H3;1H. The summed E-state index contributed by atoms with van der Waals surface area (Å²) in [6.07, 6.45) is 0. The molecule has 0 aromatic carbocycles. The minimum Gasteiger partial charge on any atom is -0.312 e. The Bertz CT molecular complexity index is 293. The van der Waals surface area contributed by atoms with E-state index in [2.05, 4.69) is 5.32 Å². The van der Waals surface area contributed by atoms with Gasteiger partial charge in [0.15, 0.2) is 0 Å². The van der Waals surface area contributed by atoms with Crippen LogP contribution in [0.4, 0.5) is 0 Å². The van der Waals surface area contributed by atoms with Gasteiger partial charge >= 0.3 is 0 Å². The molecule has 1 N–H and O–H groups in total. The van der Waals surface area contributed by atoms with Crippen molar-refractivity contribution in [3.05, 3.63) is 0 Å². The average Bonchev–Trinajstić information content (AvgIpc) is 2.19. The van der Waals surface area contributed by atoms with Gasteiger partial charge in [0.2, 0.25) is 0 Å². The molecule has 0 aromatic heterocycles. The number of halogens is 1. The Morgan fingerprint density at radius 1 is 1.38 bits per heavy atom. The Labute approximate surface area is 105 Å². The van der Waals surface area contributed by atoms with Crippen LogP contribution in [-0.4, -0.2) is 55.8 Å². The van der Waals surface area contributed by atoms with Crippen LogP contribution in [-0.2, 0) is 10.2 Å². The third-order valence-corrected chi connectivity index (χ3v) is 4.84. The van der Waals surface area contributed by atoms with Crippen LogP contribution in [0.2, 0.25) is 0 Å². The van der Waals surface area contributed by atoms with Gasteiger partial charge in [-0.2, -0.15) is 17.0 Å². The Morgan fingerprint density at radius 3 is 2.38 bits per heavy atom. The van der Waals surface area contributed by atoms with Gasteiger partial charge in [-0.3, -0.25) is 0 Å². The van der Waals surface area contributed by atoms with E-state index in [0.29, 0.717) is 26.2 Å². The molecule has 1 rings (SSSR count). The zero-order chi connectivity index (χ0) is 11.5. The smallest absolute Gasteiger partial charge is 0.282 e. The lowest BCUT2D eigenvalue weighted by Crippen LogP contribution is -2.55. The molecule has 1 heterocycles. The fourth-order valence-corrected chi connectivity index (χ4v) is 3.53. The molecule has 0 spiro atoms. The molecule has 0 amide bonds. The molecular formula is C9H22ClN3O2S. The van der Waals surface area contributed by atoms with E-state index in [4.69, 9.17) is 0 Å². The molecule has 0 aliphatic carbocycles. The first-order chi connectivity index (χ1) is 7.02. The third-order valence-electron chi connectivity index (χ3n) is 2.69. The highest BCUT2D eigenvalue weighted by Gasteiger charge is 2.30. The van der Waals surface area contributed by atoms with E-state index in [1.54, 1.807) is 4.31 Å². The van der Waals surface area contributed by atoms with Gasteiger partial charge in [-0.15, -0.1) is 12.4 Å². The maximum Gasteiger partial charge on any atom is 0.282 e. The van der Waals surface area contributed by atoms with Gasteiger partial charge in [-0.25, -0.2) is 0 Å². The first-order valence-corrected chi connectivity index (χ1v) is 6.90. The van der Waals surface area contributed by atoms with Crippen molar-refractivity contribution in [3.63, 3.8) is 0 Å². The zero-order valence-electron chi connectivity index (χ0n) is 10.1. The van der Waals surface area contributed by atoms with Crippen LogP contribution in [0.1, 0.15) is 20.8 Å². The van der Waals surface area contributed by atoms with E-state index in [-0.39, 0.29) is 18.4 Å². The summed E-state index contributed by atoms with van der Waals surface area (Å²) >= 11 is 0. The number of piperazine rings is 1. The largest absolute Gasteiger partial charge is 0.312 e. The fraction of sp³-hybridized carbons (Fsp3) is 1.00. The van der Waals surface area contributed by atoms with Crippen LogP contribution in [0, 0.1) is 0 Å². The molecule has 1 fully saturated rings. The molecule has 1 unspecified atom stereocenters. The van der Waals surface area contributed by atoms with Crippen molar-refractivity contribution >= 4 is 22.6 Å². The third kappa shape index (κ3) is 3.56. The van der Waals surface area contributed by atoms with Crippen molar-refractivity contribution in [2.24, 2.45) is 0 Å². The van der Waals surface area contributed by atoms with Crippen LogP contribution in [0.5, 0.6) is 0 Å². The highest BCUT2D eigenvalue weighted by atomic mass is 35.5. The van der Waals surface area contributed by atoms with Crippen molar-refractivity contribution in [1.82, 2.24) is 13.9 Å². The van der Waals surface area contributed by atoms with E-state index in [1.807, 2.05) is 20.8 Å². The normalized spacial score (nSPS) is 23.1. The molecular weight excluding hydrogens is 250 g/mol. The SMILES string of the molecule is CCN(CC)S(=O)(=O)N1CCNC(C)C1.Cl. The lowest BCUT2D eigenvalue weighted by atomic mass is 10.3. The molecule has 1 aliphatic rings. The quantitative estimate of drug-likeness (QED) is 0.800. The molecule has 1 saturated heterocycles. The van der Waals surface area contributed by atoms with Crippen molar-refractivity contribution in [2.75, 3.05) is 32.7 Å². The summed E-state index contributed by atoms with van der Waals surface area (Å²) in [5, 5.41) is 3.23. The summed E-state index contributed by atoms with van der Waals surface area (Å²) in [6.45, 7) is 8.70. The molecule has 98 valence electrons. The first-order valence-electron chi connectivity index (χ1n) is 5.51. The van der Waals surface area contributed by atoms with Crippen LogP contribution in [0.3, 0.4) is 0 Å². The Hall–Kier alpha value is 0.120. The number of hydrogen-bond acceptors (Lipinski definition) is 3. The monoisotopic (exact) mass is 271 g/mol. The molecule has 1 aliphatic heterocycles. The summed E-state index contributed by atoms with van der Waals surface area (Å²) in [5.74, 6) is 0. The van der Waals surface area contributed by atoms with Gasteiger partial charge in [0.25, 0.3) is 10.2 Å². The Balaban J connectivity index is 0.00000225. The summed E-state index contributed by atoms with van der Waals surface area (Å²) in [6, 6.07) is 0.240. The maximum atomic E-state index is 12.1. The second kappa shape index (κ2) is 6.76. The number of hydrogen-bond donors (Lipinski definition) is 1. The summed E-state index contributed by atoms with van der Waals surface area (Å²) < 4.78 is 27.3. The van der Waals surface area contributed by atoms with Gasteiger partial charge in [-0.05, 0) is 6.92 Å². The van der Waals surface area contributed by atoms with Crippen LogP contribution in [0.15, 0.2) is 0 Å². The summed E-state index contributed by atoms with van der Waals surface area (Å²) in [7, 11) is -3.23. The minimum atomic E-state index is -3.23. The highest BCUT2D eigenvalue weighted by molar-refractivity contribution is 7.86. The molecule has 0 aromatic rings. The van der Waals surface area contributed by atoms with E-state index in [9.17, 15) is 8.42 Å². The summed E-state index contributed by atoms with van der Waals surface area (Å²) in [5.41, 5.74) is 0. The molecule has 7 heteroatoms. The average molecular weight is 272 g/mol. The van der Waals surface area contributed by atoms with Gasteiger partial charge in [0.05, 0.1) is 0 Å². The predicted octanol–water partition coefficient (Wildman–Crippen LogP) is 0.288. The van der Waals surface area contributed by atoms with Gasteiger partial charge in [0.1, 0.15) is 0 Å². The van der Waals surface area contributed by atoms with E-state index >= 15 is 0 Å². The number of nitrogens with one attached hydrogen (secondary N) is 1. The second-order valence-electron chi connectivity index (χ2n) is 3.81. The highest BCUT2D eigenvalue weighted by Crippen LogP contribution is 2.10. The van der Waals surface area contributed by atoms with Crippen LogP contribution in [0.25, 0.3) is 0 Å². The number of nitrogens with zero attached hydrogens (tertiary/aromatic N) is 2. The van der Waals surface area contributed by atoms with Gasteiger partial charge in [-0.1, -0.05) is 13.8 Å². The second-order valence-corrected chi connectivity index (χ2v) is 5.73. The first kappa shape index (κ1) is 16.1. The lowest BCUT2D eigenvalue weighted by Gasteiger charge is -2.34. The molecule has 1 atom stereocenters. The molecule has 0 bridgehead atoms. The molecule has 5 nitrogen and oxygen atoms in total. The number of rotatable bonds is 4. The van der Waals surface area contributed by atoms with Crippen LogP contribution >= 0.6 is 12.4 Å². The predicted molar refractivity (Wildman–Crippen MR) is 68.1 cm³/mol. The minimum absolute atomic E-state index is 0. The molecule has 0 radical (unpaired) electrons. The van der Waals surface area contributed by atoms with Crippen molar-refractivity contribution < 1.29 is 8.42 Å². The van der Waals surface area contributed by atoms with E-state index in [1.165, 1.54) is 4.31 Å². The van der Waals surface area contributed by atoms with Gasteiger partial charge in [0, 0.05) is 38.8 Å². The van der Waals surface area contributed by atoms with Crippen molar-refractivity contribution in [3.8, 4) is 0 Å². The fourth-order valence-electron chi connectivity index (χ4n) is 1.82. The topological polar surface area (TPSA) is 52.7 Å². The van der Waals surface area contributed by atoms with Crippen molar-refractivity contribution in [2.45, 2.75) is 26.8 Å². The molecule has 16 heavy (non-hydrogen) atoms. The molecule has 0 saturated carbocycles. The maximum absolute atomic E-state index is 12.1. The summed E-state index contributed by atoms with van der Waals surface area (Å²) in [4.78, 5) is 0. The lowest BCUT2D eigenvalue weighted by molar-refractivity contribution is 0.284. The van der Waals surface area contributed by atoms with Crippen LogP contribution < -0.4 is 5.32 Å².